The summed E-state index contributed by atoms with van der Waals surface area (Å²) >= 11 is 6.73. The molecule has 1 aromatic carbocycles. The van der Waals surface area contributed by atoms with Gasteiger partial charge in [-0.3, -0.25) is 30.3 Å². The number of nitro groups is 2. The number of rotatable bonds is 5. The van der Waals surface area contributed by atoms with Crippen LogP contribution in [0.1, 0.15) is 21.6 Å². The maximum absolute atomic E-state index is 12.1. The van der Waals surface area contributed by atoms with Gasteiger partial charge in [-0.1, -0.05) is 0 Å². The van der Waals surface area contributed by atoms with Crippen molar-refractivity contribution in [2.45, 2.75) is 12.8 Å². The first-order valence-electron chi connectivity index (χ1n) is 6.08. The SMILES string of the molecule is Cc1c([N+](=O)[O-])cc(C(=O)Nc2nc(CCl)cs2)cc1[N+](=O)[O-]. The van der Waals surface area contributed by atoms with E-state index in [1.54, 1.807) is 5.38 Å². The van der Waals surface area contributed by atoms with E-state index < -0.39 is 27.1 Å². The Bertz CT molecular complexity index is 771. The summed E-state index contributed by atoms with van der Waals surface area (Å²) in [7, 11) is 0. The fourth-order valence-electron chi connectivity index (χ4n) is 1.79. The summed E-state index contributed by atoms with van der Waals surface area (Å²) in [6.45, 7) is 1.26. The van der Waals surface area contributed by atoms with Gasteiger partial charge >= 0.3 is 0 Å². The molecule has 0 aliphatic heterocycles. The van der Waals surface area contributed by atoms with Gasteiger partial charge in [0.15, 0.2) is 5.13 Å². The number of aromatic nitrogens is 1. The smallest absolute Gasteiger partial charge is 0.279 e. The zero-order valence-electron chi connectivity index (χ0n) is 11.6. The number of carbonyl (C=O) groups is 1. The lowest BCUT2D eigenvalue weighted by Crippen LogP contribution is -2.13. The van der Waals surface area contributed by atoms with E-state index in [2.05, 4.69) is 10.3 Å². The second-order valence-corrected chi connectivity index (χ2v) is 5.51. The van der Waals surface area contributed by atoms with Crippen LogP contribution < -0.4 is 5.32 Å². The summed E-state index contributed by atoms with van der Waals surface area (Å²) in [5.74, 6) is -0.555. The number of halogens is 1. The van der Waals surface area contributed by atoms with Crippen LogP contribution in [-0.4, -0.2) is 20.7 Å². The third kappa shape index (κ3) is 3.60. The van der Waals surface area contributed by atoms with E-state index in [1.807, 2.05) is 0 Å². The zero-order valence-corrected chi connectivity index (χ0v) is 13.2. The lowest BCUT2D eigenvalue weighted by molar-refractivity contribution is -0.395. The Morgan fingerprint density at radius 2 is 1.87 bits per heavy atom. The van der Waals surface area contributed by atoms with Crippen LogP contribution in [0, 0.1) is 27.2 Å². The van der Waals surface area contributed by atoms with Crippen LogP contribution >= 0.6 is 22.9 Å². The zero-order chi connectivity index (χ0) is 17.1. The minimum absolute atomic E-state index is 0.116. The van der Waals surface area contributed by atoms with Gasteiger partial charge in [0.25, 0.3) is 17.3 Å². The van der Waals surface area contributed by atoms with Gasteiger partial charge in [0.05, 0.1) is 27.0 Å². The normalized spacial score (nSPS) is 10.3. The molecule has 0 bridgehead atoms. The Balaban J connectivity index is 2.39. The molecular formula is C12H9ClN4O5S. The highest BCUT2D eigenvalue weighted by Gasteiger charge is 2.25. The van der Waals surface area contributed by atoms with Gasteiger partial charge in [-0.2, -0.15) is 0 Å². The van der Waals surface area contributed by atoms with Gasteiger partial charge in [0.1, 0.15) is 5.56 Å². The second kappa shape index (κ2) is 6.67. The van der Waals surface area contributed by atoms with Crippen molar-refractivity contribution >= 4 is 45.4 Å². The third-order valence-electron chi connectivity index (χ3n) is 2.92. The van der Waals surface area contributed by atoms with Crippen molar-refractivity contribution in [2.75, 3.05) is 5.32 Å². The third-order valence-corrected chi connectivity index (χ3v) is 4.00. The van der Waals surface area contributed by atoms with Gasteiger partial charge in [-0.15, -0.1) is 22.9 Å². The molecule has 0 saturated heterocycles. The number of nitro benzene ring substituents is 2. The summed E-state index contributed by atoms with van der Waals surface area (Å²) in [6.07, 6.45) is 0. The predicted octanol–water partition coefficient (Wildman–Crippen LogP) is 3.26. The Morgan fingerprint density at radius 3 is 2.30 bits per heavy atom. The number of nitrogens with zero attached hydrogens (tertiary/aromatic N) is 3. The van der Waals surface area contributed by atoms with Crippen LogP contribution in [0.2, 0.25) is 0 Å². The Kier molecular flexibility index (Phi) is 4.86. The van der Waals surface area contributed by atoms with Crippen molar-refractivity contribution in [2.24, 2.45) is 0 Å². The first-order chi connectivity index (χ1) is 10.8. The molecule has 0 radical (unpaired) electrons. The molecule has 120 valence electrons. The van der Waals surface area contributed by atoms with E-state index in [1.165, 1.54) is 6.92 Å². The highest BCUT2D eigenvalue weighted by Crippen LogP contribution is 2.30. The van der Waals surface area contributed by atoms with E-state index in [9.17, 15) is 25.0 Å². The number of alkyl halides is 1. The van der Waals surface area contributed by atoms with Crippen molar-refractivity contribution in [1.29, 1.82) is 0 Å². The molecule has 11 heteroatoms. The van der Waals surface area contributed by atoms with E-state index in [0.29, 0.717) is 5.69 Å². The summed E-state index contributed by atoms with van der Waals surface area (Å²) in [5.41, 5.74) is -0.741. The molecular weight excluding hydrogens is 348 g/mol. The Labute approximate surface area is 138 Å². The summed E-state index contributed by atoms with van der Waals surface area (Å²) in [4.78, 5) is 36.6. The molecule has 1 N–H and O–H groups in total. The summed E-state index contributed by atoms with van der Waals surface area (Å²) in [6, 6.07) is 1.99. The van der Waals surface area contributed by atoms with E-state index in [4.69, 9.17) is 11.6 Å². The van der Waals surface area contributed by atoms with E-state index in [-0.39, 0.29) is 22.1 Å². The van der Waals surface area contributed by atoms with Crippen molar-refractivity contribution < 1.29 is 14.6 Å². The molecule has 0 atom stereocenters. The van der Waals surface area contributed by atoms with Crippen LogP contribution in [0.3, 0.4) is 0 Å². The highest BCUT2D eigenvalue weighted by molar-refractivity contribution is 7.14. The number of hydrogen-bond donors (Lipinski definition) is 1. The number of thiazole rings is 1. The van der Waals surface area contributed by atoms with Gasteiger partial charge < -0.3 is 0 Å². The average molecular weight is 357 g/mol. The molecule has 2 rings (SSSR count). The maximum Gasteiger partial charge on any atom is 0.279 e. The molecule has 23 heavy (non-hydrogen) atoms. The summed E-state index contributed by atoms with van der Waals surface area (Å²) in [5, 5.41) is 26.3. The fraction of sp³-hybridized carbons (Fsp3) is 0.167. The molecule has 1 heterocycles. The van der Waals surface area contributed by atoms with Crippen LogP contribution in [0.15, 0.2) is 17.5 Å². The van der Waals surface area contributed by atoms with Crippen molar-refractivity contribution in [3.05, 3.63) is 54.6 Å². The number of carbonyl (C=O) groups excluding carboxylic acids is 1. The molecule has 0 fully saturated rings. The topological polar surface area (TPSA) is 128 Å². The molecule has 9 nitrogen and oxygen atoms in total. The van der Waals surface area contributed by atoms with E-state index >= 15 is 0 Å². The van der Waals surface area contributed by atoms with Crippen molar-refractivity contribution in [3.8, 4) is 0 Å². The molecule has 0 unspecified atom stereocenters. The molecule has 0 spiro atoms. The number of amides is 1. The first kappa shape index (κ1) is 16.8. The minimum atomic E-state index is -0.770. The van der Waals surface area contributed by atoms with E-state index in [0.717, 1.165) is 23.5 Å². The Morgan fingerprint density at radius 1 is 1.30 bits per heavy atom. The average Bonchev–Trinajstić information content (AvgIpc) is 2.94. The minimum Gasteiger partial charge on any atom is -0.298 e. The predicted molar refractivity (Wildman–Crippen MR) is 84.1 cm³/mol. The highest BCUT2D eigenvalue weighted by atomic mass is 35.5. The number of nitrogens with one attached hydrogen (secondary N) is 1. The standard InChI is InChI=1S/C12H9ClN4O5S/c1-6-9(16(19)20)2-7(3-10(6)17(21)22)11(18)15-12-14-8(4-13)5-23-12/h2-3,5H,4H2,1H3,(H,14,15,18). The number of anilines is 1. The van der Waals surface area contributed by atoms with Gasteiger partial charge in [-0.05, 0) is 6.92 Å². The molecule has 0 aliphatic carbocycles. The quantitative estimate of drug-likeness (QED) is 0.497. The first-order valence-corrected chi connectivity index (χ1v) is 7.50. The molecule has 1 amide bonds. The van der Waals surface area contributed by atoms with Crippen molar-refractivity contribution in [3.63, 3.8) is 0 Å². The molecule has 1 aromatic heterocycles. The number of benzene rings is 1. The van der Waals surface area contributed by atoms with Crippen LogP contribution in [0.25, 0.3) is 0 Å². The Hall–Kier alpha value is -2.59. The second-order valence-electron chi connectivity index (χ2n) is 4.39. The van der Waals surface area contributed by atoms with Crippen LogP contribution in [-0.2, 0) is 5.88 Å². The molecule has 2 aromatic rings. The van der Waals surface area contributed by atoms with Gasteiger partial charge in [0, 0.05) is 17.5 Å². The monoisotopic (exact) mass is 356 g/mol. The van der Waals surface area contributed by atoms with Crippen molar-refractivity contribution in [1.82, 2.24) is 4.98 Å². The number of hydrogen-bond acceptors (Lipinski definition) is 7. The lowest BCUT2D eigenvalue weighted by atomic mass is 10.1. The van der Waals surface area contributed by atoms with Crippen LogP contribution in [0.4, 0.5) is 16.5 Å². The van der Waals surface area contributed by atoms with Gasteiger partial charge in [-0.25, -0.2) is 4.98 Å². The largest absolute Gasteiger partial charge is 0.298 e. The molecule has 0 saturated carbocycles. The van der Waals surface area contributed by atoms with Gasteiger partial charge in [0.2, 0.25) is 0 Å². The molecule has 0 aliphatic rings. The summed E-state index contributed by atoms with van der Waals surface area (Å²) < 4.78 is 0. The lowest BCUT2D eigenvalue weighted by Gasteiger charge is -2.04. The fourth-order valence-corrected chi connectivity index (χ4v) is 2.72. The maximum atomic E-state index is 12.1. The van der Waals surface area contributed by atoms with Crippen LogP contribution in [0.5, 0.6) is 0 Å².